The molecule has 0 amide bonds. The molecular weight excluding hydrogens is 360 g/mol. The lowest BCUT2D eigenvalue weighted by molar-refractivity contribution is 0.0454. The van der Waals surface area contributed by atoms with Gasteiger partial charge in [0, 0.05) is 12.4 Å². The van der Waals surface area contributed by atoms with Crippen molar-refractivity contribution >= 4 is 23.3 Å². The molecule has 8 heteroatoms. The maximum absolute atomic E-state index is 12.0. The lowest BCUT2D eigenvalue weighted by Crippen LogP contribution is -2.11. The number of hydrogen-bond donors (Lipinski definition) is 2. The van der Waals surface area contributed by atoms with Gasteiger partial charge in [0.25, 0.3) is 0 Å². The molecule has 0 aliphatic rings. The van der Waals surface area contributed by atoms with Gasteiger partial charge in [0.15, 0.2) is 11.4 Å². The summed E-state index contributed by atoms with van der Waals surface area (Å²) in [5.41, 5.74) is 13.6. The Hall–Kier alpha value is -3.94. The Kier molecular flexibility index (Phi) is 5.81. The van der Waals surface area contributed by atoms with Crippen molar-refractivity contribution in [2.75, 3.05) is 11.5 Å². The summed E-state index contributed by atoms with van der Waals surface area (Å²) >= 11 is 0. The summed E-state index contributed by atoms with van der Waals surface area (Å²) in [6.07, 6.45) is 2.95. The highest BCUT2D eigenvalue weighted by atomic mass is 16.5. The van der Waals surface area contributed by atoms with Crippen LogP contribution in [0.1, 0.15) is 32.1 Å². The Morgan fingerprint density at radius 2 is 1.11 bits per heavy atom. The number of rotatable bonds is 6. The van der Waals surface area contributed by atoms with E-state index in [9.17, 15) is 9.59 Å². The molecule has 0 atom stereocenters. The molecule has 0 saturated carbocycles. The molecule has 0 unspecified atom stereocenters. The monoisotopic (exact) mass is 378 g/mol. The fourth-order valence-electron chi connectivity index (χ4n) is 2.34. The minimum absolute atomic E-state index is 0.0688. The number of carbonyl (C=O) groups excluding carboxylic acids is 2. The summed E-state index contributed by atoms with van der Waals surface area (Å²) in [6.45, 7) is 0.138. The average molecular weight is 378 g/mol. The zero-order chi connectivity index (χ0) is 19.9. The van der Waals surface area contributed by atoms with Gasteiger partial charge in [0.1, 0.15) is 13.2 Å². The molecule has 3 rings (SSSR count). The van der Waals surface area contributed by atoms with Crippen LogP contribution in [0.25, 0.3) is 0 Å². The van der Waals surface area contributed by atoms with E-state index in [0.29, 0.717) is 0 Å². The molecule has 2 aromatic heterocycles. The van der Waals surface area contributed by atoms with Crippen LogP contribution in [0, 0.1) is 0 Å². The zero-order valence-corrected chi connectivity index (χ0v) is 14.9. The second-order valence-electron chi connectivity index (χ2n) is 5.85. The Labute approximate surface area is 161 Å². The molecule has 0 aliphatic heterocycles. The van der Waals surface area contributed by atoms with Crippen molar-refractivity contribution in [3.8, 4) is 0 Å². The van der Waals surface area contributed by atoms with E-state index in [1.165, 1.54) is 12.4 Å². The number of benzene rings is 1. The smallest absolute Gasteiger partial charge is 0.359 e. The molecule has 0 bridgehead atoms. The number of nitrogens with two attached hydrogens (primary N) is 2. The van der Waals surface area contributed by atoms with E-state index in [2.05, 4.69) is 9.97 Å². The number of ether oxygens (including phenoxy) is 2. The lowest BCUT2D eigenvalue weighted by atomic mass is 10.1. The van der Waals surface area contributed by atoms with Crippen LogP contribution < -0.4 is 11.5 Å². The van der Waals surface area contributed by atoms with Crippen LogP contribution in [-0.2, 0) is 22.7 Å². The second-order valence-corrected chi connectivity index (χ2v) is 5.85. The predicted octanol–water partition coefficient (Wildman–Crippen LogP) is 2.36. The first-order chi connectivity index (χ1) is 13.5. The molecule has 8 nitrogen and oxygen atoms in total. The van der Waals surface area contributed by atoms with E-state index < -0.39 is 11.9 Å². The topological polar surface area (TPSA) is 130 Å². The number of nitrogen functional groups attached to an aromatic ring is 2. The molecule has 2 heterocycles. The summed E-state index contributed by atoms with van der Waals surface area (Å²) in [5.74, 6) is -1.19. The quantitative estimate of drug-likeness (QED) is 0.625. The highest BCUT2D eigenvalue weighted by molar-refractivity contribution is 5.93. The van der Waals surface area contributed by atoms with Crippen molar-refractivity contribution in [1.29, 1.82) is 0 Å². The van der Waals surface area contributed by atoms with Crippen molar-refractivity contribution in [3.05, 3.63) is 83.4 Å². The van der Waals surface area contributed by atoms with E-state index in [1.54, 1.807) is 48.5 Å². The second kappa shape index (κ2) is 8.63. The average Bonchev–Trinajstić information content (AvgIpc) is 2.71. The minimum Gasteiger partial charge on any atom is -0.456 e. The van der Waals surface area contributed by atoms with E-state index in [4.69, 9.17) is 20.9 Å². The highest BCUT2D eigenvalue weighted by Gasteiger charge is 2.13. The van der Waals surface area contributed by atoms with Crippen molar-refractivity contribution in [3.63, 3.8) is 0 Å². The molecule has 0 saturated heterocycles. The number of carbonyl (C=O) groups is 2. The van der Waals surface area contributed by atoms with Gasteiger partial charge in [0.05, 0.1) is 11.4 Å². The van der Waals surface area contributed by atoms with Gasteiger partial charge in [-0.2, -0.15) is 0 Å². The maximum atomic E-state index is 12.0. The summed E-state index contributed by atoms with van der Waals surface area (Å²) < 4.78 is 10.4. The van der Waals surface area contributed by atoms with Gasteiger partial charge < -0.3 is 20.9 Å². The molecule has 0 fully saturated rings. The van der Waals surface area contributed by atoms with Gasteiger partial charge in [0.2, 0.25) is 0 Å². The van der Waals surface area contributed by atoms with Crippen molar-refractivity contribution in [1.82, 2.24) is 9.97 Å². The Morgan fingerprint density at radius 3 is 1.46 bits per heavy atom. The van der Waals surface area contributed by atoms with Gasteiger partial charge in [-0.05, 0) is 35.4 Å². The first-order valence-corrected chi connectivity index (χ1v) is 8.37. The third-order valence-electron chi connectivity index (χ3n) is 3.83. The summed E-state index contributed by atoms with van der Waals surface area (Å²) in [6, 6.07) is 13.5. The molecule has 0 radical (unpaired) electrons. The van der Waals surface area contributed by atoms with Gasteiger partial charge in [-0.15, -0.1) is 0 Å². The fraction of sp³-hybridized carbons (Fsp3) is 0.100. The summed E-state index contributed by atoms with van der Waals surface area (Å²) in [7, 11) is 0. The fourth-order valence-corrected chi connectivity index (χ4v) is 2.34. The van der Waals surface area contributed by atoms with Gasteiger partial charge in [-0.1, -0.05) is 24.3 Å². The largest absolute Gasteiger partial charge is 0.456 e. The molecule has 1 aromatic carbocycles. The Morgan fingerprint density at radius 1 is 0.714 bits per heavy atom. The van der Waals surface area contributed by atoms with Crippen molar-refractivity contribution in [2.45, 2.75) is 13.2 Å². The first kappa shape index (κ1) is 18.8. The Bertz CT molecular complexity index is 909. The predicted molar refractivity (Wildman–Crippen MR) is 102 cm³/mol. The number of aromatic nitrogens is 2. The van der Waals surface area contributed by atoms with Gasteiger partial charge in [-0.3, -0.25) is 0 Å². The van der Waals surface area contributed by atoms with Crippen LogP contribution >= 0.6 is 0 Å². The number of nitrogens with zero attached hydrogens (tertiary/aromatic N) is 2. The van der Waals surface area contributed by atoms with Crippen LogP contribution in [0.5, 0.6) is 0 Å². The van der Waals surface area contributed by atoms with Crippen molar-refractivity contribution < 1.29 is 19.1 Å². The summed E-state index contributed by atoms with van der Waals surface area (Å²) in [4.78, 5) is 31.8. The van der Waals surface area contributed by atoms with Crippen molar-refractivity contribution in [2.24, 2.45) is 0 Å². The van der Waals surface area contributed by atoms with Gasteiger partial charge in [-0.25, -0.2) is 19.6 Å². The molecule has 3 aromatic rings. The van der Waals surface area contributed by atoms with Crippen LogP contribution in [0.3, 0.4) is 0 Å². The zero-order valence-electron chi connectivity index (χ0n) is 14.9. The number of hydrogen-bond acceptors (Lipinski definition) is 8. The normalized spacial score (nSPS) is 10.3. The van der Waals surface area contributed by atoms with E-state index >= 15 is 0 Å². The van der Waals surface area contributed by atoms with E-state index in [-0.39, 0.29) is 36.0 Å². The SMILES string of the molecule is Nc1cccnc1C(=O)OCc1ccc(COC(=O)c2ncccc2N)cc1. The first-order valence-electron chi connectivity index (χ1n) is 8.37. The van der Waals surface area contributed by atoms with E-state index in [0.717, 1.165) is 11.1 Å². The van der Waals surface area contributed by atoms with Crippen LogP contribution in [-0.4, -0.2) is 21.9 Å². The van der Waals surface area contributed by atoms with Crippen LogP contribution in [0.4, 0.5) is 11.4 Å². The third kappa shape index (κ3) is 4.61. The Balaban J connectivity index is 1.52. The maximum Gasteiger partial charge on any atom is 0.359 e. The molecule has 142 valence electrons. The molecule has 0 aliphatic carbocycles. The molecule has 0 spiro atoms. The number of esters is 2. The van der Waals surface area contributed by atoms with Gasteiger partial charge >= 0.3 is 11.9 Å². The van der Waals surface area contributed by atoms with E-state index in [1.807, 2.05) is 0 Å². The standard InChI is InChI=1S/C20H18N4O4/c21-15-3-1-9-23-17(15)19(25)27-11-13-5-7-14(8-6-13)12-28-20(26)18-16(22)4-2-10-24-18/h1-10H,11-12,21-22H2. The third-order valence-corrected chi connectivity index (χ3v) is 3.83. The number of anilines is 2. The highest BCUT2D eigenvalue weighted by Crippen LogP contribution is 2.13. The van der Waals surface area contributed by atoms with Crippen LogP contribution in [0.15, 0.2) is 60.9 Å². The minimum atomic E-state index is -0.593. The van der Waals surface area contributed by atoms with Crippen LogP contribution in [0.2, 0.25) is 0 Å². The number of pyridine rings is 2. The lowest BCUT2D eigenvalue weighted by Gasteiger charge is -2.08. The molecular formula is C20H18N4O4. The molecule has 28 heavy (non-hydrogen) atoms. The molecule has 4 N–H and O–H groups in total. The summed E-state index contributed by atoms with van der Waals surface area (Å²) in [5, 5.41) is 0.